The van der Waals surface area contributed by atoms with Crippen molar-refractivity contribution in [1.82, 2.24) is 4.98 Å². The Bertz CT molecular complexity index is 1060. The number of allylic oxidation sites excluding steroid dienone is 1. The molecule has 132 valence electrons. The maximum Gasteiger partial charge on any atom is 0.343 e. The summed E-state index contributed by atoms with van der Waals surface area (Å²) < 4.78 is 11.9. The van der Waals surface area contributed by atoms with Crippen molar-refractivity contribution in [3.63, 3.8) is 0 Å². The second kappa shape index (κ2) is 7.17. The Morgan fingerprint density at radius 1 is 1.11 bits per heavy atom. The molecule has 0 fully saturated rings. The number of fused-ring (bicyclic) bond motifs is 1. The Labute approximate surface area is 163 Å². The van der Waals surface area contributed by atoms with Crippen molar-refractivity contribution in [3.05, 3.63) is 93.9 Å². The molecule has 2 heterocycles. The lowest BCUT2D eigenvalue weighted by atomic mass is 10.1. The van der Waals surface area contributed by atoms with Crippen LogP contribution >= 0.6 is 15.9 Å². The van der Waals surface area contributed by atoms with E-state index in [1.54, 1.807) is 60.9 Å². The van der Waals surface area contributed by atoms with Gasteiger partial charge in [-0.25, -0.2) is 4.79 Å². The average Bonchev–Trinajstić information content (AvgIpc) is 2.98. The first-order valence-electron chi connectivity index (χ1n) is 8.06. The zero-order valence-electron chi connectivity index (χ0n) is 13.9. The molecule has 1 aromatic heterocycles. The van der Waals surface area contributed by atoms with E-state index in [0.717, 1.165) is 10.0 Å². The second-order valence-electron chi connectivity index (χ2n) is 5.78. The number of esters is 1. The Kier molecular flexibility index (Phi) is 4.56. The summed E-state index contributed by atoms with van der Waals surface area (Å²) in [7, 11) is 0. The molecule has 0 bridgehead atoms. The van der Waals surface area contributed by atoms with Gasteiger partial charge >= 0.3 is 5.97 Å². The van der Waals surface area contributed by atoms with Gasteiger partial charge < -0.3 is 9.47 Å². The SMILES string of the molecule is O=C(Oc1ccc2c(c1)OC(=Cc1cccnc1)C2=O)c1ccc(Br)cc1. The molecule has 0 unspecified atom stereocenters. The molecule has 5 nitrogen and oxygen atoms in total. The molecule has 1 aliphatic heterocycles. The fourth-order valence-corrected chi connectivity index (χ4v) is 2.86. The van der Waals surface area contributed by atoms with Crippen molar-refractivity contribution < 1.29 is 19.1 Å². The molecule has 0 aliphatic carbocycles. The number of benzene rings is 2. The maximum atomic E-state index is 12.5. The van der Waals surface area contributed by atoms with E-state index < -0.39 is 5.97 Å². The topological polar surface area (TPSA) is 65.5 Å². The number of ether oxygens (including phenoxy) is 2. The van der Waals surface area contributed by atoms with Gasteiger partial charge in [-0.15, -0.1) is 0 Å². The van der Waals surface area contributed by atoms with Crippen LogP contribution in [-0.2, 0) is 0 Å². The number of rotatable bonds is 3. The molecule has 27 heavy (non-hydrogen) atoms. The number of hydrogen-bond donors (Lipinski definition) is 0. The molecule has 0 spiro atoms. The Balaban J connectivity index is 1.55. The highest BCUT2D eigenvalue weighted by Crippen LogP contribution is 2.35. The molecule has 0 amide bonds. The molecular formula is C21H12BrNO4. The molecule has 0 saturated carbocycles. The van der Waals surface area contributed by atoms with Gasteiger partial charge in [0.2, 0.25) is 5.78 Å². The minimum absolute atomic E-state index is 0.203. The highest BCUT2D eigenvalue weighted by Gasteiger charge is 2.28. The summed E-state index contributed by atoms with van der Waals surface area (Å²) in [5, 5.41) is 0. The first-order valence-corrected chi connectivity index (χ1v) is 8.85. The average molecular weight is 422 g/mol. The molecule has 3 aromatic rings. The highest BCUT2D eigenvalue weighted by molar-refractivity contribution is 9.10. The van der Waals surface area contributed by atoms with Crippen molar-refractivity contribution in [2.45, 2.75) is 0 Å². The number of aromatic nitrogens is 1. The van der Waals surface area contributed by atoms with Gasteiger partial charge in [0.1, 0.15) is 11.5 Å². The number of halogens is 1. The van der Waals surface area contributed by atoms with Gasteiger partial charge in [-0.3, -0.25) is 9.78 Å². The lowest BCUT2D eigenvalue weighted by Gasteiger charge is -2.05. The van der Waals surface area contributed by atoms with E-state index in [9.17, 15) is 9.59 Å². The van der Waals surface area contributed by atoms with E-state index >= 15 is 0 Å². The van der Waals surface area contributed by atoms with Crippen molar-refractivity contribution in [2.24, 2.45) is 0 Å². The molecule has 0 radical (unpaired) electrons. The van der Waals surface area contributed by atoms with Gasteiger partial charge in [-0.05, 0) is 54.1 Å². The summed E-state index contributed by atoms with van der Waals surface area (Å²) >= 11 is 3.32. The van der Waals surface area contributed by atoms with E-state index in [-0.39, 0.29) is 11.5 Å². The van der Waals surface area contributed by atoms with E-state index in [4.69, 9.17) is 9.47 Å². The Morgan fingerprint density at radius 3 is 2.67 bits per heavy atom. The van der Waals surface area contributed by atoms with Crippen molar-refractivity contribution in [2.75, 3.05) is 0 Å². The predicted molar refractivity (Wildman–Crippen MR) is 103 cm³/mol. The summed E-state index contributed by atoms with van der Waals surface area (Å²) in [6.45, 7) is 0. The third kappa shape index (κ3) is 3.66. The molecule has 6 heteroatoms. The van der Waals surface area contributed by atoms with Crippen LogP contribution < -0.4 is 9.47 Å². The van der Waals surface area contributed by atoms with Gasteiger partial charge in [0, 0.05) is 22.9 Å². The van der Waals surface area contributed by atoms with Gasteiger partial charge in [0.05, 0.1) is 11.1 Å². The number of carbonyl (C=O) groups excluding carboxylic acids is 2. The number of ketones is 1. The van der Waals surface area contributed by atoms with Gasteiger partial charge in [-0.2, -0.15) is 0 Å². The minimum atomic E-state index is -0.488. The maximum absolute atomic E-state index is 12.5. The van der Waals surface area contributed by atoms with Crippen LogP contribution in [0.3, 0.4) is 0 Å². The van der Waals surface area contributed by atoms with Crippen molar-refractivity contribution >= 4 is 33.8 Å². The third-order valence-corrected chi connectivity index (χ3v) is 4.44. The fraction of sp³-hybridized carbons (Fsp3) is 0. The first-order chi connectivity index (χ1) is 13.1. The van der Waals surface area contributed by atoms with Gasteiger partial charge in [-0.1, -0.05) is 22.0 Å². The first kappa shape index (κ1) is 17.2. The van der Waals surface area contributed by atoms with E-state index in [1.807, 2.05) is 6.07 Å². The number of nitrogens with zero attached hydrogens (tertiary/aromatic N) is 1. The number of hydrogen-bond acceptors (Lipinski definition) is 5. The zero-order valence-corrected chi connectivity index (χ0v) is 15.5. The normalized spacial score (nSPS) is 14.0. The van der Waals surface area contributed by atoms with E-state index in [1.165, 1.54) is 6.07 Å². The minimum Gasteiger partial charge on any atom is -0.452 e. The van der Waals surface area contributed by atoms with Crippen LogP contribution in [-0.4, -0.2) is 16.7 Å². The molecule has 1 aliphatic rings. The Hall–Kier alpha value is -3.25. The predicted octanol–water partition coefficient (Wildman–Crippen LogP) is 4.68. The van der Waals surface area contributed by atoms with Crippen LogP contribution in [0.25, 0.3) is 6.08 Å². The molecule has 0 N–H and O–H groups in total. The number of carbonyl (C=O) groups is 2. The second-order valence-corrected chi connectivity index (χ2v) is 6.70. The zero-order chi connectivity index (χ0) is 18.8. The van der Waals surface area contributed by atoms with Crippen LogP contribution in [0.4, 0.5) is 0 Å². The van der Waals surface area contributed by atoms with E-state index in [2.05, 4.69) is 20.9 Å². The summed E-state index contributed by atoms with van der Waals surface area (Å²) in [6, 6.07) is 15.1. The molecule has 0 saturated heterocycles. The van der Waals surface area contributed by atoms with Crippen molar-refractivity contribution in [1.29, 1.82) is 0 Å². The van der Waals surface area contributed by atoms with Crippen LogP contribution in [0.15, 0.2) is 77.2 Å². The summed E-state index contributed by atoms with van der Waals surface area (Å²) in [5.74, 6) is 0.153. The van der Waals surface area contributed by atoms with Gasteiger partial charge in [0.25, 0.3) is 0 Å². The van der Waals surface area contributed by atoms with Crippen molar-refractivity contribution in [3.8, 4) is 11.5 Å². The summed E-state index contributed by atoms with van der Waals surface area (Å²) in [6.07, 6.45) is 4.92. The third-order valence-electron chi connectivity index (χ3n) is 3.91. The smallest absolute Gasteiger partial charge is 0.343 e. The van der Waals surface area contributed by atoms with Gasteiger partial charge in [0.15, 0.2) is 5.76 Å². The molecule has 2 aromatic carbocycles. The quantitative estimate of drug-likeness (QED) is 0.349. The molecule has 0 atom stereocenters. The van der Waals surface area contributed by atoms with Crippen LogP contribution in [0.2, 0.25) is 0 Å². The van der Waals surface area contributed by atoms with Crippen LogP contribution in [0.5, 0.6) is 11.5 Å². The lowest BCUT2D eigenvalue weighted by molar-refractivity contribution is 0.0734. The molecule has 4 rings (SSSR count). The van der Waals surface area contributed by atoms with Crippen LogP contribution in [0.1, 0.15) is 26.3 Å². The van der Waals surface area contributed by atoms with E-state index in [0.29, 0.717) is 22.6 Å². The fourth-order valence-electron chi connectivity index (χ4n) is 2.60. The summed E-state index contributed by atoms with van der Waals surface area (Å²) in [4.78, 5) is 28.7. The highest BCUT2D eigenvalue weighted by atomic mass is 79.9. The standard InChI is InChI=1S/C21H12BrNO4/c22-15-5-3-14(4-6-15)21(25)26-16-7-8-17-18(11-16)27-19(20(17)24)10-13-2-1-9-23-12-13/h1-12H. The molecular weight excluding hydrogens is 410 g/mol. The number of Topliss-reactive ketones (excluding diaryl/α,β-unsaturated/α-hetero) is 1. The number of pyridine rings is 1. The monoisotopic (exact) mass is 421 g/mol. The lowest BCUT2D eigenvalue weighted by Crippen LogP contribution is -2.08. The largest absolute Gasteiger partial charge is 0.452 e. The Morgan fingerprint density at radius 2 is 1.93 bits per heavy atom. The van der Waals surface area contributed by atoms with Crippen LogP contribution in [0, 0.1) is 0 Å². The summed E-state index contributed by atoms with van der Waals surface area (Å²) in [5.41, 5.74) is 1.61.